The average molecular weight is 425 g/mol. The lowest BCUT2D eigenvalue weighted by molar-refractivity contribution is -0.114. The van der Waals surface area contributed by atoms with Crippen molar-refractivity contribution in [2.75, 3.05) is 25.8 Å². The Hall–Kier alpha value is -2.23. The topological polar surface area (TPSA) is 93.7 Å². The Morgan fingerprint density at radius 2 is 1.82 bits per heavy atom. The molecule has 1 amide bonds. The van der Waals surface area contributed by atoms with Gasteiger partial charge in [0, 0.05) is 23.4 Å². The molecule has 2 rings (SSSR count). The van der Waals surface area contributed by atoms with Crippen LogP contribution in [0.1, 0.15) is 25.5 Å². The summed E-state index contributed by atoms with van der Waals surface area (Å²) < 4.78 is 39.0. The van der Waals surface area contributed by atoms with Crippen molar-refractivity contribution in [1.82, 2.24) is 4.72 Å². The number of anilines is 1. The number of sulfonamides is 1. The minimum atomic E-state index is -3.84. The van der Waals surface area contributed by atoms with E-state index < -0.39 is 16.1 Å². The number of nitrogens with one attached hydrogen (secondary N) is 2. The number of benzene rings is 2. The molecule has 0 aliphatic rings. The number of hydrogen-bond donors (Lipinski definition) is 2. The van der Waals surface area contributed by atoms with Crippen molar-refractivity contribution in [3.05, 3.63) is 42.0 Å². The van der Waals surface area contributed by atoms with Crippen molar-refractivity contribution < 1.29 is 22.7 Å². The molecule has 152 valence electrons. The normalized spacial score (nSPS) is 12.3. The molecule has 0 spiro atoms. The fourth-order valence-electron chi connectivity index (χ4n) is 2.68. The largest absolute Gasteiger partial charge is 0.497 e. The summed E-state index contributed by atoms with van der Waals surface area (Å²) in [7, 11) is -0.782. The maximum Gasteiger partial charge on any atom is 0.241 e. The first-order valence-electron chi connectivity index (χ1n) is 8.41. The highest BCUT2D eigenvalue weighted by atomic mass is 32.2. The van der Waals surface area contributed by atoms with Gasteiger partial charge in [-0.15, -0.1) is 11.8 Å². The molecule has 0 bridgehead atoms. The van der Waals surface area contributed by atoms with E-state index in [0.29, 0.717) is 22.7 Å². The van der Waals surface area contributed by atoms with E-state index in [2.05, 4.69) is 10.0 Å². The quantitative estimate of drug-likeness (QED) is 0.631. The van der Waals surface area contributed by atoms with Gasteiger partial charge < -0.3 is 14.8 Å². The van der Waals surface area contributed by atoms with Crippen LogP contribution in [0.15, 0.2) is 46.2 Å². The molecule has 2 aromatic carbocycles. The van der Waals surface area contributed by atoms with Gasteiger partial charge in [-0.1, -0.05) is 0 Å². The molecule has 0 aliphatic heterocycles. The zero-order valence-corrected chi connectivity index (χ0v) is 18.0. The van der Waals surface area contributed by atoms with E-state index in [1.165, 1.54) is 45.0 Å². The van der Waals surface area contributed by atoms with Crippen LogP contribution in [0, 0.1) is 0 Å². The standard InChI is InChI=1S/C19H24N2O5S2/c1-12(16-10-14(25-3)6-8-18(16)26-4)21-28(23,24)15-7-9-19(27-5)17(11-15)20-13(2)22/h6-12,21H,1-5H3,(H,20,22). The highest BCUT2D eigenvalue weighted by molar-refractivity contribution is 7.98. The van der Waals surface area contributed by atoms with Gasteiger partial charge in [-0.05, 0) is 49.6 Å². The summed E-state index contributed by atoms with van der Waals surface area (Å²) in [6, 6.07) is 9.25. The molecule has 1 atom stereocenters. The third-order valence-corrected chi connectivity index (χ3v) is 6.36. The summed E-state index contributed by atoms with van der Waals surface area (Å²) in [6.45, 7) is 3.10. The number of carbonyl (C=O) groups is 1. The van der Waals surface area contributed by atoms with Gasteiger partial charge >= 0.3 is 0 Å². The van der Waals surface area contributed by atoms with E-state index in [1.54, 1.807) is 31.2 Å². The van der Waals surface area contributed by atoms with Crippen LogP contribution in [-0.2, 0) is 14.8 Å². The van der Waals surface area contributed by atoms with Crippen molar-refractivity contribution in [2.24, 2.45) is 0 Å². The molecular weight excluding hydrogens is 400 g/mol. The molecule has 0 radical (unpaired) electrons. The van der Waals surface area contributed by atoms with Crippen molar-refractivity contribution >= 4 is 33.4 Å². The molecular formula is C19H24N2O5S2. The first-order valence-corrected chi connectivity index (χ1v) is 11.1. The molecule has 0 aromatic heterocycles. The molecule has 0 fully saturated rings. The van der Waals surface area contributed by atoms with E-state index in [0.717, 1.165) is 4.90 Å². The zero-order chi connectivity index (χ0) is 20.9. The second-order valence-corrected chi connectivity index (χ2v) is 8.56. The summed E-state index contributed by atoms with van der Waals surface area (Å²) >= 11 is 1.42. The molecule has 28 heavy (non-hydrogen) atoms. The average Bonchev–Trinajstić information content (AvgIpc) is 2.66. The molecule has 0 saturated carbocycles. The Labute approximate surface area is 169 Å². The maximum atomic E-state index is 12.9. The van der Waals surface area contributed by atoms with Gasteiger partial charge in [-0.3, -0.25) is 4.79 Å². The van der Waals surface area contributed by atoms with Gasteiger partial charge in [0.1, 0.15) is 11.5 Å². The third-order valence-electron chi connectivity index (χ3n) is 4.03. The lowest BCUT2D eigenvalue weighted by Crippen LogP contribution is -2.27. The summed E-state index contributed by atoms with van der Waals surface area (Å²) in [5.74, 6) is 0.874. The molecule has 0 saturated heterocycles. The Bertz CT molecular complexity index is 961. The zero-order valence-electron chi connectivity index (χ0n) is 16.4. The van der Waals surface area contributed by atoms with Gasteiger partial charge in [0.25, 0.3) is 0 Å². The lowest BCUT2D eigenvalue weighted by atomic mass is 10.1. The predicted molar refractivity (Wildman–Crippen MR) is 111 cm³/mol. The number of thioether (sulfide) groups is 1. The van der Waals surface area contributed by atoms with Crippen molar-refractivity contribution in [3.63, 3.8) is 0 Å². The molecule has 9 heteroatoms. The number of ether oxygens (including phenoxy) is 2. The Morgan fingerprint density at radius 3 is 2.39 bits per heavy atom. The molecule has 2 N–H and O–H groups in total. The summed E-state index contributed by atoms with van der Waals surface area (Å²) in [5.41, 5.74) is 1.10. The van der Waals surface area contributed by atoms with Gasteiger partial charge in [-0.2, -0.15) is 0 Å². The molecule has 0 heterocycles. The Balaban J connectivity index is 2.37. The van der Waals surface area contributed by atoms with E-state index >= 15 is 0 Å². The summed E-state index contributed by atoms with van der Waals surface area (Å²) in [5, 5.41) is 2.67. The van der Waals surface area contributed by atoms with Crippen LogP contribution in [-0.4, -0.2) is 34.8 Å². The van der Waals surface area contributed by atoms with Crippen LogP contribution in [0.5, 0.6) is 11.5 Å². The molecule has 1 unspecified atom stereocenters. The lowest BCUT2D eigenvalue weighted by Gasteiger charge is -2.19. The smallest absolute Gasteiger partial charge is 0.241 e. The summed E-state index contributed by atoms with van der Waals surface area (Å²) in [4.78, 5) is 12.3. The minimum Gasteiger partial charge on any atom is -0.497 e. The van der Waals surface area contributed by atoms with Crippen molar-refractivity contribution in [2.45, 2.75) is 29.7 Å². The SMILES string of the molecule is COc1ccc(OC)c(C(C)NS(=O)(=O)c2ccc(SC)c(NC(C)=O)c2)c1. The summed E-state index contributed by atoms with van der Waals surface area (Å²) in [6.07, 6.45) is 1.85. The van der Waals surface area contributed by atoms with Gasteiger partial charge in [0.05, 0.1) is 24.8 Å². The molecule has 0 aliphatic carbocycles. The van der Waals surface area contributed by atoms with E-state index in [9.17, 15) is 13.2 Å². The Morgan fingerprint density at radius 1 is 1.11 bits per heavy atom. The first kappa shape index (κ1) is 22.1. The number of hydrogen-bond acceptors (Lipinski definition) is 6. The van der Waals surface area contributed by atoms with Crippen LogP contribution in [0.4, 0.5) is 5.69 Å². The van der Waals surface area contributed by atoms with Crippen LogP contribution in [0.2, 0.25) is 0 Å². The fourth-order valence-corrected chi connectivity index (χ4v) is 4.47. The van der Waals surface area contributed by atoms with Crippen LogP contribution < -0.4 is 19.5 Å². The van der Waals surface area contributed by atoms with Crippen LogP contribution in [0.25, 0.3) is 0 Å². The highest BCUT2D eigenvalue weighted by Crippen LogP contribution is 2.32. The van der Waals surface area contributed by atoms with Crippen LogP contribution >= 0.6 is 11.8 Å². The number of rotatable bonds is 8. The van der Waals surface area contributed by atoms with E-state index in [4.69, 9.17) is 9.47 Å². The predicted octanol–water partition coefficient (Wildman–Crippen LogP) is 3.42. The monoisotopic (exact) mass is 424 g/mol. The maximum absolute atomic E-state index is 12.9. The minimum absolute atomic E-state index is 0.0581. The van der Waals surface area contributed by atoms with Gasteiger partial charge in [0.2, 0.25) is 15.9 Å². The first-order chi connectivity index (χ1) is 13.2. The van der Waals surface area contributed by atoms with Gasteiger partial charge in [0.15, 0.2) is 0 Å². The van der Waals surface area contributed by atoms with Gasteiger partial charge in [-0.25, -0.2) is 13.1 Å². The van der Waals surface area contributed by atoms with Crippen molar-refractivity contribution in [1.29, 1.82) is 0 Å². The number of methoxy groups -OCH3 is 2. The molecule has 2 aromatic rings. The fraction of sp³-hybridized carbons (Fsp3) is 0.316. The van der Waals surface area contributed by atoms with Crippen molar-refractivity contribution in [3.8, 4) is 11.5 Å². The highest BCUT2D eigenvalue weighted by Gasteiger charge is 2.22. The van der Waals surface area contributed by atoms with E-state index in [-0.39, 0.29) is 10.8 Å². The second kappa shape index (κ2) is 9.31. The van der Waals surface area contributed by atoms with Crippen LogP contribution in [0.3, 0.4) is 0 Å². The molecule has 7 nitrogen and oxygen atoms in total. The van der Waals surface area contributed by atoms with E-state index in [1.807, 2.05) is 6.26 Å². The number of carbonyl (C=O) groups excluding carboxylic acids is 1. The second-order valence-electron chi connectivity index (χ2n) is 5.99. The third kappa shape index (κ3) is 5.18. The number of amides is 1. The Kier molecular flexibility index (Phi) is 7.34.